The number of nitrogens with two attached hydrogens (primary N) is 2. The number of aliphatic hydroxyl groups excluding tert-OH is 2. The Bertz CT molecular complexity index is 1750. The van der Waals surface area contributed by atoms with Gasteiger partial charge in [-0.1, -0.05) is 25.6 Å². The van der Waals surface area contributed by atoms with Gasteiger partial charge in [-0.3, -0.25) is 32.5 Å². The molecule has 3 rings (SSSR count). The third-order valence-electron chi connectivity index (χ3n) is 7.11. The molecule has 30 heteroatoms. The monoisotopic (exact) mass is 855 g/mol. The smallest absolute Gasteiger partial charge is 0.386 e. The summed E-state index contributed by atoms with van der Waals surface area (Å²) in [6.45, 7) is 0.673. The van der Waals surface area contributed by atoms with Gasteiger partial charge in [-0.05, 0) is 0 Å². The van der Waals surface area contributed by atoms with Gasteiger partial charge in [0.15, 0.2) is 22.8 Å². The molecule has 15 N–H and O–H groups in total. The lowest BCUT2D eigenvalue weighted by atomic mass is 9.87. The van der Waals surface area contributed by atoms with Crippen LogP contribution in [0.5, 0.6) is 0 Å². The molecule has 54 heavy (non-hydrogen) atoms. The van der Waals surface area contributed by atoms with Crippen LogP contribution in [0.1, 0.15) is 32.9 Å². The summed E-state index contributed by atoms with van der Waals surface area (Å²) in [5.74, 6) is -1.15. The second-order valence-corrected chi connectivity index (χ2v) is 17.2. The minimum Gasteiger partial charge on any atom is -0.386 e. The molecule has 2 amide bonds. The van der Waals surface area contributed by atoms with Crippen molar-refractivity contribution in [2.24, 2.45) is 11.1 Å². The van der Waals surface area contributed by atoms with E-state index >= 15 is 0 Å². The number of ether oxygens (including phenoxy) is 1. The maximum atomic E-state index is 12.6. The Labute approximate surface area is 311 Å². The van der Waals surface area contributed by atoms with E-state index in [4.69, 9.17) is 25.3 Å². The maximum absolute atomic E-state index is 12.6. The molecule has 1 aliphatic heterocycles. The third kappa shape index (κ3) is 14.2. The number of amides is 2. The minimum absolute atomic E-state index is 0. The Morgan fingerprint density at radius 3 is 2.37 bits per heavy atom. The molecule has 3 heterocycles. The standard InChI is InChI=1S/C24H41N8O17P3S.H3N/c1-24(2,19(36)22(37)28-6-4-14(33)27-7-8-53-15(34)3-5-25)10-46-52(43,44)49-51(41,42)45-9-13-18(48-50(38,39)40)17(35)23(47-13)32-12-31-16-20(26)29-11-30-21(16)32;/h11-13,17-19,23,35-36H,3-10,25H2,1-2H3,(H,27,33)(H,28,37)(H,41,42)(H,43,44)(H2,26,29,30)(H2,38,39,40);1H3/t13-,17-,18-,19+,23-;/m1./s1. The summed E-state index contributed by atoms with van der Waals surface area (Å²) in [7, 11) is -16.4. The number of nitrogen functional groups attached to an aromatic ring is 1. The lowest BCUT2D eigenvalue weighted by Crippen LogP contribution is -2.46. The lowest BCUT2D eigenvalue weighted by molar-refractivity contribution is -0.137. The van der Waals surface area contributed by atoms with Gasteiger partial charge in [-0.25, -0.2) is 28.6 Å². The highest BCUT2D eigenvalue weighted by molar-refractivity contribution is 8.13. The van der Waals surface area contributed by atoms with Crippen LogP contribution in [-0.2, 0) is 50.7 Å². The summed E-state index contributed by atoms with van der Waals surface area (Å²) in [4.78, 5) is 86.7. The van der Waals surface area contributed by atoms with E-state index in [9.17, 15) is 57.9 Å². The fourth-order valence-corrected chi connectivity index (χ4v) is 8.01. The molecule has 26 nitrogen and oxygen atoms in total. The average Bonchev–Trinajstić information content (AvgIpc) is 3.61. The normalized spacial score (nSPS) is 21.8. The second kappa shape index (κ2) is 20.1. The van der Waals surface area contributed by atoms with Gasteiger partial charge in [0.05, 0.1) is 19.5 Å². The predicted octanol–water partition coefficient (Wildman–Crippen LogP) is -1.82. The van der Waals surface area contributed by atoms with Gasteiger partial charge in [0, 0.05) is 43.6 Å². The number of hydrogen-bond acceptors (Lipinski definition) is 20. The maximum Gasteiger partial charge on any atom is 0.481 e. The molecular formula is C24H44N9O17P3S. The molecule has 2 aromatic heterocycles. The number of phosphoric acid groups is 3. The summed E-state index contributed by atoms with van der Waals surface area (Å²) in [5.41, 5.74) is 9.54. The number of carbonyl (C=O) groups is 3. The number of imidazole rings is 1. The van der Waals surface area contributed by atoms with Crippen molar-refractivity contribution in [2.45, 2.75) is 57.3 Å². The summed E-state index contributed by atoms with van der Waals surface area (Å²) in [5, 5.41) is 26.1. The van der Waals surface area contributed by atoms with E-state index in [0.717, 1.165) is 29.0 Å². The molecule has 0 spiro atoms. The van der Waals surface area contributed by atoms with E-state index in [1.807, 2.05) is 0 Å². The molecular weight excluding hydrogens is 811 g/mol. The van der Waals surface area contributed by atoms with Gasteiger partial charge >= 0.3 is 23.5 Å². The average molecular weight is 856 g/mol. The fourth-order valence-electron chi connectivity index (χ4n) is 4.49. The van der Waals surface area contributed by atoms with E-state index in [1.165, 1.54) is 13.8 Å². The molecule has 0 aromatic carbocycles. The highest BCUT2D eigenvalue weighted by Crippen LogP contribution is 2.61. The Balaban J connectivity index is 0.0000101. The molecule has 1 fully saturated rings. The zero-order valence-electron chi connectivity index (χ0n) is 28.8. The lowest BCUT2D eigenvalue weighted by Gasteiger charge is -2.30. The number of aliphatic hydroxyl groups is 2. The highest BCUT2D eigenvalue weighted by atomic mass is 32.2. The Morgan fingerprint density at radius 2 is 1.72 bits per heavy atom. The molecule has 0 aliphatic carbocycles. The number of rotatable bonds is 21. The van der Waals surface area contributed by atoms with E-state index < -0.39 is 84.6 Å². The van der Waals surface area contributed by atoms with Gasteiger partial charge < -0.3 is 62.8 Å². The Kier molecular flexibility index (Phi) is 17.7. The Hall–Kier alpha value is -2.52. The molecule has 7 atom stereocenters. The number of thioether (sulfide) groups is 1. The van der Waals surface area contributed by atoms with Crippen molar-refractivity contribution in [3.8, 4) is 0 Å². The first-order chi connectivity index (χ1) is 24.6. The minimum atomic E-state index is -5.57. The van der Waals surface area contributed by atoms with Crippen molar-refractivity contribution in [3.63, 3.8) is 0 Å². The molecule has 2 unspecified atom stereocenters. The summed E-state index contributed by atoms with van der Waals surface area (Å²) < 4.78 is 61.9. The third-order valence-corrected chi connectivity index (χ3v) is 11.1. The van der Waals surface area contributed by atoms with E-state index in [-0.39, 0.29) is 60.7 Å². The van der Waals surface area contributed by atoms with Crippen molar-refractivity contribution in [1.29, 1.82) is 0 Å². The first-order valence-corrected chi connectivity index (χ1v) is 20.8. The number of carbonyl (C=O) groups excluding carboxylic acids is 3. The largest absolute Gasteiger partial charge is 0.481 e. The molecule has 0 radical (unpaired) electrons. The molecule has 308 valence electrons. The predicted molar refractivity (Wildman–Crippen MR) is 186 cm³/mol. The number of aromatic nitrogens is 4. The van der Waals surface area contributed by atoms with Crippen LogP contribution in [0.4, 0.5) is 5.82 Å². The zero-order valence-corrected chi connectivity index (χ0v) is 32.3. The molecule has 0 bridgehead atoms. The van der Waals surface area contributed by atoms with Crippen LogP contribution in [0.3, 0.4) is 0 Å². The number of phosphoric ester groups is 3. The molecule has 1 aliphatic rings. The summed E-state index contributed by atoms with van der Waals surface area (Å²) >= 11 is 1.01. The second-order valence-electron chi connectivity index (χ2n) is 11.8. The van der Waals surface area contributed by atoms with Gasteiger partial charge in [-0.15, -0.1) is 0 Å². The molecule has 2 aromatic rings. The van der Waals surface area contributed by atoms with Crippen molar-refractivity contribution in [3.05, 3.63) is 12.7 Å². The first-order valence-electron chi connectivity index (χ1n) is 15.3. The SMILES string of the molecule is CC(C)(COP(=O)(O)OP(=O)(O)OC[C@H]1O[C@@H](n2cnc3c(N)ncnc32)[C@H](O)[C@@H]1OP(=O)(O)O)[C@@H](O)C(=O)NCCC(=O)NCCSC(=O)CCN.N. The highest BCUT2D eigenvalue weighted by Gasteiger charge is 2.50. The topological polar surface area (TPSA) is 425 Å². The van der Waals surface area contributed by atoms with Crippen LogP contribution in [0.25, 0.3) is 11.2 Å². The van der Waals surface area contributed by atoms with E-state index in [0.29, 0.717) is 5.75 Å². The zero-order chi connectivity index (χ0) is 39.8. The molecule has 0 saturated carbocycles. The number of fused-ring (bicyclic) bond motifs is 1. The van der Waals surface area contributed by atoms with Gasteiger partial charge in [0.1, 0.15) is 36.3 Å². The summed E-state index contributed by atoms with van der Waals surface area (Å²) in [6, 6.07) is 0. The van der Waals surface area contributed by atoms with Crippen LogP contribution < -0.4 is 28.3 Å². The number of anilines is 1. The fraction of sp³-hybridized carbons (Fsp3) is 0.667. The van der Waals surface area contributed by atoms with Crippen LogP contribution >= 0.6 is 35.2 Å². The first kappa shape index (κ1) is 47.6. The van der Waals surface area contributed by atoms with Crippen molar-refractivity contribution in [1.82, 2.24) is 36.3 Å². The van der Waals surface area contributed by atoms with Crippen LogP contribution in [0.2, 0.25) is 0 Å². The van der Waals surface area contributed by atoms with Gasteiger partial charge in [0.2, 0.25) is 11.8 Å². The number of hydrogen-bond donors (Lipinski definition) is 11. The van der Waals surface area contributed by atoms with Gasteiger partial charge in [0.25, 0.3) is 0 Å². The number of nitrogens with one attached hydrogen (secondary N) is 2. The van der Waals surface area contributed by atoms with Crippen LogP contribution in [0, 0.1) is 5.41 Å². The number of nitrogens with zero attached hydrogens (tertiary/aromatic N) is 4. The summed E-state index contributed by atoms with van der Waals surface area (Å²) in [6.07, 6.45) is -6.72. The van der Waals surface area contributed by atoms with Crippen molar-refractivity contribution >= 4 is 69.1 Å². The molecule has 1 saturated heterocycles. The van der Waals surface area contributed by atoms with E-state index in [1.54, 1.807) is 0 Å². The quantitative estimate of drug-likeness (QED) is 0.0486. The van der Waals surface area contributed by atoms with Crippen molar-refractivity contribution in [2.75, 3.05) is 44.3 Å². The van der Waals surface area contributed by atoms with E-state index in [2.05, 4.69) is 34.4 Å². The van der Waals surface area contributed by atoms with Gasteiger partial charge in [-0.2, -0.15) is 4.31 Å². The van der Waals surface area contributed by atoms with Crippen LogP contribution in [0.15, 0.2) is 12.7 Å². The Morgan fingerprint density at radius 1 is 1.06 bits per heavy atom. The van der Waals surface area contributed by atoms with Crippen molar-refractivity contribution < 1.29 is 80.5 Å². The van der Waals surface area contributed by atoms with Crippen LogP contribution in [-0.4, -0.2) is 129 Å².